The molecule has 1 saturated heterocycles. The monoisotopic (exact) mass is 647 g/mol. The van der Waals surface area contributed by atoms with Crippen LogP contribution < -0.4 is 20.7 Å². The summed E-state index contributed by atoms with van der Waals surface area (Å²) in [7, 11) is 0. The molecule has 3 fully saturated rings. The molecule has 4 rings (SSSR count). The second kappa shape index (κ2) is 13.9. The Morgan fingerprint density at radius 1 is 1.07 bits per heavy atom. The van der Waals surface area contributed by atoms with E-state index in [0.717, 1.165) is 32.1 Å². The van der Waals surface area contributed by atoms with Crippen LogP contribution in [0.5, 0.6) is 5.88 Å². The third kappa shape index (κ3) is 9.54. The third-order valence-corrected chi connectivity index (χ3v) is 8.90. The van der Waals surface area contributed by atoms with E-state index < -0.39 is 59.2 Å². The number of rotatable bonds is 13. The number of halogens is 1. The first-order valence-electron chi connectivity index (χ1n) is 15.8. The van der Waals surface area contributed by atoms with Crippen molar-refractivity contribution in [3.63, 3.8) is 0 Å². The summed E-state index contributed by atoms with van der Waals surface area (Å²) in [6.45, 7) is 9.63. The molecule has 1 aliphatic heterocycles. The van der Waals surface area contributed by atoms with Crippen LogP contribution in [0.3, 0.4) is 0 Å². The smallest absolute Gasteiger partial charge is 0.405 e. The molecule has 2 aliphatic carbocycles. The van der Waals surface area contributed by atoms with Gasteiger partial charge in [-0.1, -0.05) is 65.5 Å². The second-order valence-electron chi connectivity index (χ2n) is 14.6. The Balaban J connectivity index is 1.60. The highest BCUT2D eigenvalue weighted by Gasteiger charge is 2.48. The van der Waals surface area contributed by atoms with Gasteiger partial charge in [0.1, 0.15) is 18.2 Å². The predicted octanol–water partition coefficient (Wildman–Crippen LogP) is 3.70. The van der Waals surface area contributed by atoms with Crippen molar-refractivity contribution in [2.75, 3.05) is 6.54 Å². The van der Waals surface area contributed by atoms with Gasteiger partial charge in [-0.05, 0) is 48.5 Å². The van der Waals surface area contributed by atoms with Crippen LogP contribution in [0.2, 0.25) is 5.02 Å². The lowest BCUT2D eigenvalue weighted by molar-refractivity contribution is -0.144. The summed E-state index contributed by atoms with van der Waals surface area (Å²) in [4.78, 5) is 71.6. The molecule has 45 heavy (non-hydrogen) atoms. The van der Waals surface area contributed by atoms with Gasteiger partial charge in [-0.15, -0.1) is 0 Å². The summed E-state index contributed by atoms with van der Waals surface area (Å²) >= 11 is 5.97. The number of pyridine rings is 1. The molecular formula is C32H46ClN5O7. The maximum atomic E-state index is 14.3. The highest BCUT2D eigenvalue weighted by Crippen LogP contribution is 2.38. The van der Waals surface area contributed by atoms with Gasteiger partial charge < -0.3 is 30.7 Å². The van der Waals surface area contributed by atoms with Crippen LogP contribution >= 0.6 is 11.6 Å². The van der Waals surface area contributed by atoms with E-state index in [1.165, 1.54) is 11.1 Å². The largest absolute Gasteiger partial charge is 0.472 e. The Kier molecular flexibility index (Phi) is 10.7. The molecule has 4 N–H and O–H groups in total. The summed E-state index contributed by atoms with van der Waals surface area (Å²) in [5, 5.41) is 18.0. The van der Waals surface area contributed by atoms with E-state index in [9.17, 15) is 29.1 Å². The Morgan fingerprint density at radius 3 is 2.29 bits per heavy atom. The van der Waals surface area contributed by atoms with Gasteiger partial charge in [-0.25, -0.2) is 9.78 Å². The van der Waals surface area contributed by atoms with Crippen molar-refractivity contribution in [1.82, 2.24) is 25.8 Å². The highest BCUT2D eigenvalue weighted by atomic mass is 35.5. The zero-order valence-corrected chi connectivity index (χ0v) is 27.5. The van der Waals surface area contributed by atoms with Crippen LogP contribution in [-0.4, -0.2) is 81.4 Å². The summed E-state index contributed by atoms with van der Waals surface area (Å²) in [6, 6.07) is -0.123. The first kappa shape index (κ1) is 34.5. The van der Waals surface area contributed by atoms with Gasteiger partial charge >= 0.3 is 6.09 Å². The van der Waals surface area contributed by atoms with Crippen LogP contribution in [-0.2, 0) is 19.2 Å². The number of hydrogen-bond donors (Lipinski definition) is 4. The average molecular weight is 648 g/mol. The number of nitrogens with zero attached hydrogens (tertiary/aromatic N) is 2. The van der Waals surface area contributed by atoms with Crippen molar-refractivity contribution < 1.29 is 33.8 Å². The molecule has 13 heteroatoms. The number of likely N-dealkylation sites (tertiary alicyclic amines) is 1. The van der Waals surface area contributed by atoms with E-state index in [-0.39, 0.29) is 36.2 Å². The minimum Gasteiger partial charge on any atom is -0.472 e. The fourth-order valence-electron chi connectivity index (χ4n) is 6.53. The zero-order valence-electron chi connectivity index (χ0n) is 26.7. The topological polar surface area (TPSA) is 167 Å². The van der Waals surface area contributed by atoms with E-state index in [1.807, 2.05) is 34.6 Å². The number of amides is 4. The summed E-state index contributed by atoms with van der Waals surface area (Å²) in [5.41, 5.74) is -1.05. The number of carboxylic acid groups (broad SMARTS) is 1. The number of ketones is 1. The van der Waals surface area contributed by atoms with Crippen LogP contribution in [0.4, 0.5) is 4.79 Å². The average Bonchev–Trinajstić information content (AvgIpc) is 3.63. The quantitative estimate of drug-likeness (QED) is 0.235. The van der Waals surface area contributed by atoms with E-state index in [1.54, 1.807) is 12.1 Å². The van der Waals surface area contributed by atoms with Gasteiger partial charge in [-0.2, -0.15) is 0 Å². The summed E-state index contributed by atoms with van der Waals surface area (Å²) < 4.78 is 6.04. The summed E-state index contributed by atoms with van der Waals surface area (Å²) in [6.07, 6.45) is 4.79. The molecule has 4 amide bonds. The lowest BCUT2D eigenvalue weighted by Gasteiger charge is -2.40. The Bertz CT molecular complexity index is 1270. The second-order valence-corrected chi connectivity index (χ2v) is 15.0. The van der Waals surface area contributed by atoms with E-state index >= 15 is 0 Å². The number of Topliss-reactive ketones (excluding diaryl/α,β-unsaturated/α-hetero) is 1. The van der Waals surface area contributed by atoms with E-state index in [4.69, 9.17) is 16.3 Å². The van der Waals surface area contributed by atoms with Crippen LogP contribution in [0, 0.1) is 16.7 Å². The molecule has 0 spiro atoms. The molecule has 0 radical (unpaired) electrons. The van der Waals surface area contributed by atoms with Crippen LogP contribution in [0.1, 0.15) is 86.0 Å². The van der Waals surface area contributed by atoms with Gasteiger partial charge in [0.25, 0.3) is 5.91 Å². The maximum absolute atomic E-state index is 14.3. The molecule has 1 aromatic rings. The predicted molar refractivity (Wildman–Crippen MR) is 167 cm³/mol. The molecule has 248 valence electrons. The molecule has 1 unspecified atom stereocenters. The van der Waals surface area contributed by atoms with E-state index in [0.29, 0.717) is 17.9 Å². The van der Waals surface area contributed by atoms with Gasteiger partial charge in [0, 0.05) is 24.7 Å². The molecule has 0 bridgehead atoms. The fourth-order valence-corrected chi connectivity index (χ4v) is 6.64. The highest BCUT2D eigenvalue weighted by molar-refractivity contribution is 6.38. The van der Waals surface area contributed by atoms with Gasteiger partial charge in [-0.3, -0.25) is 19.2 Å². The first-order valence-corrected chi connectivity index (χ1v) is 16.1. The minimum absolute atomic E-state index is 0.0149. The number of nitrogens with one attached hydrogen (secondary N) is 3. The SMILES string of the molecule is CC(C)(C)CC(C)(C)C(NC(=O)O)C(=O)N1C[C@H](Oc2ccc(Cl)cn2)C[C@H]1C(=O)N[C@@H](CC1CCC1)C(=O)C(=O)NC1CC1. The molecule has 2 saturated carbocycles. The van der Waals surface area contributed by atoms with Crippen molar-refractivity contribution in [3.05, 3.63) is 23.4 Å². The molecule has 2 heterocycles. The molecule has 3 aliphatic rings. The van der Waals surface area contributed by atoms with Crippen molar-refractivity contribution in [1.29, 1.82) is 0 Å². The maximum Gasteiger partial charge on any atom is 0.405 e. The number of ether oxygens (including phenoxy) is 1. The van der Waals surface area contributed by atoms with Crippen LogP contribution in [0.25, 0.3) is 0 Å². The molecule has 12 nitrogen and oxygen atoms in total. The van der Waals surface area contributed by atoms with Crippen molar-refractivity contribution >= 4 is 41.2 Å². The number of carbonyl (C=O) groups excluding carboxylic acids is 4. The van der Waals surface area contributed by atoms with Crippen molar-refractivity contribution in [2.45, 2.75) is 116 Å². The van der Waals surface area contributed by atoms with Crippen LogP contribution in [0.15, 0.2) is 18.3 Å². The number of aromatic nitrogens is 1. The minimum atomic E-state index is -1.36. The Hall–Kier alpha value is -3.41. The number of hydrogen-bond acceptors (Lipinski definition) is 7. The standard InChI is InChI=1S/C32H46ClN5O7/c1-31(2,3)17-32(4,5)26(37-30(43)44)29(42)38-16-21(45-24-12-9-19(33)15-34-24)14-23(38)27(40)36-22(13-18-7-6-8-18)25(39)28(41)35-20-10-11-20/h9,12,15,18,20-23,26,37H,6-8,10-11,13-14,16-17H2,1-5H3,(H,35,41)(H,36,40)(H,43,44)/t21-,22+,23+,26?/m1/s1. The van der Waals surface area contributed by atoms with Crippen molar-refractivity contribution in [2.24, 2.45) is 16.7 Å². The Labute approximate surface area is 269 Å². The third-order valence-electron chi connectivity index (χ3n) is 8.68. The lowest BCUT2D eigenvalue weighted by Crippen LogP contribution is -2.60. The lowest BCUT2D eigenvalue weighted by atomic mass is 9.71. The van der Waals surface area contributed by atoms with Gasteiger partial charge in [0.05, 0.1) is 17.6 Å². The molecule has 4 atom stereocenters. The van der Waals surface area contributed by atoms with E-state index in [2.05, 4.69) is 20.9 Å². The summed E-state index contributed by atoms with van der Waals surface area (Å²) in [5.74, 6) is -2.13. The van der Waals surface area contributed by atoms with Gasteiger partial charge in [0.15, 0.2) is 0 Å². The number of carbonyl (C=O) groups is 5. The first-order chi connectivity index (χ1) is 21.0. The molecular weight excluding hydrogens is 602 g/mol. The molecule has 1 aromatic heterocycles. The normalized spacial score (nSPS) is 21.7. The fraction of sp³-hybridized carbons (Fsp3) is 0.688. The zero-order chi connectivity index (χ0) is 33.1. The van der Waals surface area contributed by atoms with Gasteiger partial charge in [0.2, 0.25) is 23.5 Å². The Morgan fingerprint density at radius 2 is 1.76 bits per heavy atom. The molecule has 0 aromatic carbocycles. The van der Waals surface area contributed by atoms with Crippen molar-refractivity contribution in [3.8, 4) is 5.88 Å².